The zero-order chi connectivity index (χ0) is 15.7. The molecule has 0 unspecified atom stereocenters. The SMILES string of the molecule is O=C1NC2(CCCCC2)C(=O)N1/N=C\c1ccc(F)cc1F. The van der Waals surface area contributed by atoms with Crippen LogP contribution < -0.4 is 5.32 Å². The maximum Gasteiger partial charge on any atom is 0.346 e. The van der Waals surface area contributed by atoms with Crippen LogP contribution >= 0.6 is 0 Å². The Morgan fingerprint density at radius 1 is 1.18 bits per heavy atom. The fraction of sp³-hybridized carbons (Fsp3) is 0.400. The van der Waals surface area contributed by atoms with Crippen LogP contribution in [0.1, 0.15) is 37.7 Å². The monoisotopic (exact) mass is 307 g/mol. The van der Waals surface area contributed by atoms with Gasteiger partial charge in [-0.3, -0.25) is 4.79 Å². The average molecular weight is 307 g/mol. The topological polar surface area (TPSA) is 61.8 Å². The zero-order valence-corrected chi connectivity index (χ0v) is 11.8. The third-order valence-electron chi connectivity index (χ3n) is 4.12. The van der Waals surface area contributed by atoms with Crippen LogP contribution in [0, 0.1) is 11.6 Å². The van der Waals surface area contributed by atoms with Gasteiger partial charge in [0.25, 0.3) is 5.91 Å². The number of urea groups is 1. The average Bonchev–Trinajstić information content (AvgIpc) is 2.71. The van der Waals surface area contributed by atoms with Crippen LogP contribution in [0.25, 0.3) is 0 Å². The van der Waals surface area contributed by atoms with Gasteiger partial charge < -0.3 is 5.32 Å². The van der Waals surface area contributed by atoms with E-state index in [1.54, 1.807) is 0 Å². The molecule has 2 fully saturated rings. The maximum absolute atomic E-state index is 13.5. The molecule has 1 aliphatic carbocycles. The summed E-state index contributed by atoms with van der Waals surface area (Å²) in [5.74, 6) is -1.91. The van der Waals surface area contributed by atoms with Gasteiger partial charge in [-0.2, -0.15) is 5.10 Å². The summed E-state index contributed by atoms with van der Waals surface area (Å²) in [5.41, 5.74) is -0.861. The lowest BCUT2D eigenvalue weighted by Gasteiger charge is -2.29. The van der Waals surface area contributed by atoms with E-state index in [1.807, 2.05) is 0 Å². The molecule has 3 rings (SSSR count). The summed E-state index contributed by atoms with van der Waals surface area (Å²) in [6.07, 6.45) is 5.01. The third kappa shape index (κ3) is 2.47. The van der Waals surface area contributed by atoms with Crippen molar-refractivity contribution >= 4 is 18.2 Å². The van der Waals surface area contributed by atoms with E-state index in [2.05, 4.69) is 10.4 Å². The van der Waals surface area contributed by atoms with Crippen LogP contribution in [0.3, 0.4) is 0 Å². The van der Waals surface area contributed by atoms with Gasteiger partial charge in [-0.15, -0.1) is 5.01 Å². The zero-order valence-electron chi connectivity index (χ0n) is 11.8. The first kappa shape index (κ1) is 14.6. The lowest BCUT2D eigenvalue weighted by molar-refractivity contribution is -0.132. The molecular formula is C15H15F2N3O2. The molecule has 0 atom stereocenters. The normalized spacial score (nSPS) is 20.9. The number of rotatable bonds is 2. The summed E-state index contributed by atoms with van der Waals surface area (Å²) in [5, 5.41) is 7.21. The summed E-state index contributed by atoms with van der Waals surface area (Å²) in [7, 11) is 0. The minimum absolute atomic E-state index is 0.00611. The van der Waals surface area contributed by atoms with E-state index in [4.69, 9.17) is 0 Å². The van der Waals surface area contributed by atoms with Crippen molar-refractivity contribution in [2.24, 2.45) is 5.10 Å². The molecule has 2 aliphatic rings. The number of imide groups is 1. The van der Waals surface area contributed by atoms with Crippen molar-refractivity contribution in [2.75, 3.05) is 0 Å². The lowest BCUT2D eigenvalue weighted by atomic mass is 9.82. The summed E-state index contributed by atoms with van der Waals surface area (Å²) < 4.78 is 26.4. The molecule has 0 bridgehead atoms. The van der Waals surface area contributed by atoms with Crippen molar-refractivity contribution in [3.05, 3.63) is 35.4 Å². The highest BCUT2D eigenvalue weighted by Gasteiger charge is 2.51. The number of hydrogen-bond donors (Lipinski definition) is 1. The Hall–Kier alpha value is -2.31. The number of halogens is 2. The van der Waals surface area contributed by atoms with Gasteiger partial charge in [0, 0.05) is 11.6 Å². The summed E-state index contributed by atoms with van der Waals surface area (Å²) >= 11 is 0. The number of carbonyl (C=O) groups excluding carboxylic acids is 2. The van der Waals surface area contributed by atoms with Gasteiger partial charge in [0.05, 0.1) is 6.21 Å². The first-order valence-electron chi connectivity index (χ1n) is 7.18. The molecule has 1 aromatic carbocycles. The van der Waals surface area contributed by atoms with E-state index in [-0.39, 0.29) is 5.56 Å². The molecule has 1 aromatic rings. The fourth-order valence-electron chi connectivity index (χ4n) is 2.93. The molecular weight excluding hydrogens is 292 g/mol. The van der Waals surface area contributed by atoms with Crippen LogP contribution in [0.5, 0.6) is 0 Å². The van der Waals surface area contributed by atoms with Gasteiger partial charge in [0.15, 0.2) is 0 Å². The molecule has 0 aromatic heterocycles. The van der Waals surface area contributed by atoms with Crippen molar-refractivity contribution in [2.45, 2.75) is 37.6 Å². The first-order valence-corrected chi connectivity index (χ1v) is 7.18. The Morgan fingerprint density at radius 2 is 1.91 bits per heavy atom. The minimum Gasteiger partial charge on any atom is -0.321 e. The van der Waals surface area contributed by atoms with Crippen LogP contribution in [0.15, 0.2) is 23.3 Å². The number of hydrogen-bond acceptors (Lipinski definition) is 3. The third-order valence-corrected chi connectivity index (χ3v) is 4.12. The Bertz CT molecular complexity index is 654. The standard InChI is InChI=1S/C15H15F2N3O2/c16-11-5-4-10(12(17)8-11)9-18-20-13(21)15(19-14(20)22)6-2-1-3-7-15/h4-5,8-9H,1-3,6-7H2,(H,19,22)/b18-9-. The smallest absolute Gasteiger partial charge is 0.321 e. The Labute approximate surface area is 126 Å². The minimum atomic E-state index is -0.867. The molecule has 3 amide bonds. The van der Waals surface area contributed by atoms with E-state index < -0.39 is 29.1 Å². The quantitative estimate of drug-likeness (QED) is 0.674. The predicted molar refractivity (Wildman–Crippen MR) is 75.1 cm³/mol. The van der Waals surface area contributed by atoms with E-state index in [1.165, 1.54) is 6.07 Å². The Balaban J connectivity index is 1.81. The second-order valence-corrected chi connectivity index (χ2v) is 5.60. The number of amides is 3. The van der Waals surface area contributed by atoms with E-state index >= 15 is 0 Å². The van der Waals surface area contributed by atoms with E-state index in [0.717, 1.165) is 42.6 Å². The van der Waals surface area contributed by atoms with Crippen molar-refractivity contribution in [1.82, 2.24) is 10.3 Å². The van der Waals surface area contributed by atoms with Crippen molar-refractivity contribution in [3.63, 3.8) is 0 Å². The second kappa shape index (κ2) is 5.47. The Morgan fingerprint density at radius 3 is 2.59 bits per heavy atom. The fourth-order valence-corrected chi connectivity index (χ4v) is 2.93. The van der Waals surface area contributed by atoms with E-state index in [9.17, 15) is 18.4 Å². The molecule has 116 valence electrons. The van der Waals surface area contributed by atoms with Crippen LogP contribution in [-0.4, -0.2) is 28.7 Å². The lowest BCUT2D eigenvalue weighted by Crippen LogP contribution is -2.48. The van der Waals surface area contributed by atoms with Crippen molar-refractivity contribution < 1.29 is 18.4 Å². The summed E-state index contributed by atoms with van der Waals surface area (Å²) in [6, 6.07) is 2.39. The molecule has 22 heavy (non-hydrogen) atoms. The number of nitrogens with one attached hydrogen (secondary N) is 1. The highest BCUT2D eigenvalue weighted by atomic mass is 19.1. The number of nitrogens with zero attached hydrogens (tertiary/aromatic N) is 2. The van der Waals surface area contributed by atoms with Gasteiger partial charge in [-0.05, 0) is 25.0 Å². The van der Waals surface area contributed by atoms with Gasteiger partial charge in [0.2, 0.25) is 0 Å². The highest BCUT2D eigenvalue weighted by molar-refractivity contribution is 6.07. The molecule has 1 saturated heterocycles. The maximum atomic E-state index is 13.5. The molecule has 5 nitrogen and oxygen atoms in total. The highest BCUT2D eigenvalue weighted by Crippen LogP contribution is 2.33. The van der Waals surface area contributed by atoms with Crippen LogP contribution in [-0.2, 0) is 4.79 Å². The van der Waals surface area contributed by atoms with Crippen LogP contribution in [0.4, 0.5) is 13.6 Å². The van der Waals surface area contributed by atoms with E-state index in [0.29, 0.717) is 12.8 Å². The number of hydrazone groups is 1. The predicted octanol–water partition coefficient (Wildman–Crippen LogP) is 2.55. The second-order valence-electron chi connectivity index (χ2n) is 5.60. The molecule has 1 heterocycles. The first-order chi connectivity index (χ1) is 10.5. The van der Waals surface area contributed by atoms with Crippen molar-refractivity contribution in [1.29, 1.82) is 0 Å². The Kier molecular flexibility index (Phi) is 3.64. The number of carbonyl (C=O) groups is 2. The molecule has 1 aliphatic heterocycles. The molecule has 7 heteroatoms. The largest absolute Gasteiger partial charge is 0.346 e. The van der Waals surface area contributed by atoms with Crippen LogP contribution in [0.2, 0.25) is 0 Å². The van der Waals surface area contributed by atoms with Gasteiger partial charge >= 0.3 is 6.03 Å². The summed E-state index contributed by atoms with van der Waals surface area (Å²) in [4.78, 5) is 24.4. The van der Waals surface area contributed by atoms with Crippen molar-refractivity contribution in [3.8, 4) is 0 Å². The van der Waals surface area contributed by atoms with Gasteiger partial charge in [-0.25, -0.2) is 13.6 Å². The molecule has 1 N–H and O–H groups in total. The molecule has 1 spiro atoms. The summed E-state index contributed by atoms with van der Waals surface area (Å²) in [6.45, 7) is 0. The van der Waals surface area contributed by atoms with Gasteiger partial charge in [0.1, 0.15) is 17.2 Å². The molecule has 1 saturated carbocycles. The van der Waals surface area contributed by atoms with Gasteiger partial charge in [-0.1, -0.05) is 19.3 Å². The number of benzene rings is 1. The molecule has 0 radical (unpaired) electrons.